The molecular weight excluding hydrogens is 417 g/mol. The molecule has 0 atom stereocenters. The molecule has 148 valence electrons. The summed E-state index contributed by atoms with van der Waals surface area (Å²) >= 11 is 7.34. The summed E-state index contributed by atoms with van der Waals surface area (Å²) in [5.74, 6) is -1.49. The SMILES string of the molecule is NC(=O)c1c2c(cn(-c3ccc(F)cc3)c1=O)CN(C(=O)c1sccc1Cl)CC2. The predicted octanol–water partition coefficient (Wildman–Crippen LogP) is 2.99. The minimum Gasteiger partial charge on any atom is -0.365 e. The highest BCUT2D eigenvalue weighted by Gasteiger charge is 2.29. The number of hydrogen-bond acceptors (Lipinski definition) is 4. The lowest BCUT2D eigenvalue weighted by Crippen LogP contribution is -2.40. The second kappa shape index (κ2) is 7.46. The molecule has 3 heterocycles. The van der Waals surface area contributed by atoms with Crippen LogP contribution in [-0.4, -0.2) is 27.8 Å². The van der Waals surface area contributed by atoms with Crippen molar-refractivity contribution >= 4 is 34.8 Å². The number of amides is 2. The molecule has 29 heavy (non-hydrogen) atoms. The number of nitrogens with two attached hydrogens (primary N) is 1. The number of hydrogen-bond donors (Lipinski definition) is 1. The molecule has 6 nitrogen and oxygen atoms in total. The number of aromatic nitrogens is 1. The van der Waals surface area contributed by atoms with Crippen LogP contribution in [0.2, 0.25) is 5.02 Å². The average molecular weight is 432 g/mol. The number of carbonyl (C=O) groups is 2. The molecule has 1 aliphatic rings. The van der Waals surface area contributed by atoms with Gasteiger partial charge in [-0.2, -0.15) is 0 Å². The standard InChI is InChI=1S/C20H15ClFN3O3S/c21-15-6-8-29-17(15)20(28)24-7-5-14-11(9-24)10-25(19(27)16(14)18(23)26)13-3-1-12(22)2-4-13/h1-4,6,8,10H,5,7,9H2,(H2,23,26). The van der Waals surface area contributed by atoms with Gasteiger partial charge in [-0.3, -0.25) is 19.0 Å². The lowest BCUT2D eigenvalue weighted by atomic mass is 9.96. The van der Waals surface area contributed by atoms with E-state index in [-0.39, 0.29) is 18.0 Å². The Bertz CT molecular complexity index is 1190. The van der Waals surface area contributed by atoms with Crippen LogP contribution in [0, 0.1) is 5.82 Å². The Hall–Kier alpha value is -2.97. The molecular formula is C20H15ClFN3O3S. The summed E-state index contributed by atoms with van der Waals surface area (Å²) in [4.78, 5) is 39.8. The third kappa shape index (κ3) is 3.45. The smallest absolute Gasteiger partial charge is 0.268 e. The van der Waals surface area contributed by atoms with Crippen LogP contribution >= 0.6 is 22.9 Å². The van der Waals surface area contributed by atoms with Crippen molar-refractivity contribution in [3.8, 4) is 5.69 Å². The molecule has 0 fully saturated rings. The largest absolute Gasteiger partial charge is 0.365 e. The first-order chi connectivity index (χ1) is 13.9. The van der Waals surface area contributed by atoms with E-state index in [0.717, 1.165) is 0 Å². The van der Waals surface area contributed by atoms with Crippen molar-refractivity contribution < 1.29 is 14.0 Å². The second-order valence-electron chi connectivity index (χ2n) is 6.60. The van der Waals surface area contributed by atoms with Gasteiger partial charge in [-0.1, -0.05) is 11.6 Å². The Labute approximate surface area is 173 Å². The number of halogens is 2. The molecule has 2 aromatic heterocycles. The van der Waals surface area contributed by atoms with Crippen LogP contribution in [0.3, 0.4) is 0 Å². The number of thiophene rings is 1. The molecule has 3 aromatic rings. The fraction of sp³-hybridized carbons (Fsp3) is 0.150. The molecule has 0 spiro atoms. The Morgan fingerprint density at radius 1 is 1.17 bits per heavy atom. The van der Waals surface area contributed by atoms with Crippen LogP contribution in [0.4, 0.5) is 4.39 Å². The van der Waals surface area contributed by atoms with Gasteiger partial charge in [0.2, 0.25) is 0 Å². The minimum atomic E-state index is -0.830. The van der Waals surface area contributed by atoms with Crippen LogP contribution in [0.5, 0.6) is 0 Å². The molecule has 0 bridgehead atoms. The van der Waals surface area contributed by atoms with E-state index in [0.29, 0.717) is 39.7 Å². The van der Waals surface area contributed by atoms with Crippen molar-refractivity contribution in [3.05, 3.63) is 84.7 Å². The number of pyridine rings is 1. The highest BCUT2D eigenvalue weighted by atomic mass is 35.5. The summed E-state index contributed by atoms with van der Waals surface area (Å²) in [7, 11) is 0. The number of benzene rings is 1. The zero-order chi connectivity index (χ0) is 20.7. The maximum Gasteiger partial charge on any atom is 0.268 e. The first-order valence-corrected chi connectivity index (χ1v) is 9.98. The van der Waals surface area contributed by atoms with Crippen LogP contribution < -0.4 is 11.3 Å². The third-order valence-electron chi connectivity index (χ3n) is 4.85. The lowest BCUT2D eigenvalue weighted by Gasteiger charge is -2.30. The van der Waals surface area contributed by atoms with E-state index in [1.165, 1.54) is 40.2 Å². The Balaban J connectivity index is 1.80. The molecule has 0 saturated carbocycles. The van der Waals surface area contributed by atoms with Crippen LogP contribution in [-0.2, 0) is 13.0 Å². The van der Waals surface area contributed by atoms with Gasteiger partial charge in [-0.25, -0.2) is 4.39 Å². The van der Waals surface area contributed by atoms with Crippen molar-refractivity contribution in [1.29, 1.82) is 0 Å². The molecule has 0 saturated heterocycles. The molecule has 2 N–H and O–H groups in total. The molecule has 0 aliphatic carbocycles. The highest BCUT2D eigenvalue weighted by molar-refractivity contribution is 7.12. The molecule has 2 amide bonds. The molecule has 4 rings (SSSR count). The highest BCUT2D eigenvalue weighted by Crippen LogP contribution is 2.27. The Kier molecular flexibility index (Phi) is 4.97. The van der Waals surface area contributed by atoms with E-state index >= 15 is 0 Å². The molecule has 1 aromatic carbocycles. The van der Waals surface area contributed by atoms with Gasteiger partial charge in [-0.05, 0) is 53.3 Å². The first-order valence-electron chi connectivity index (χ1n) is 8.72. The molecule has 0 radical (unpaired) electrons. The number of carbonyl (C=O) groups excluding carboxylic acids is 2. The summed E-state index contributed by atoms with van der Waals surface area (Å²) in [5, 5.41) is 2.13. The predicted molar refractivity (Wildman–Crippen MR) is 108 cm³/mol. The number of nitrogens with zero attached hydrogens (tertiary/aromatic N) is 2. The number of fused-ring (bicyclic) bond motifs is 1. The van der Waals surface area contributed by atoms with Crippen molar-refractivity contribution in [2.24, 2.45) is 5.73 Å². The summed E-state index contributed by atoms with van der Waals surface area (Å²) < 4.78 is 14.5. The summed E-state index contributed by atoms with van der Waals surface area (Å²) in [6.45, 7) is 0.532. The maximum atomic E-state index is 13.3. The fourth-order valence-corrected chi connectivity index (χ4v) is 4.57. The average Bonchev–Trinajstić information content (AvgIpc) is 3.13. The quantitative estimate of drug-likeness (QED) is 0.691. The van der Waals surface area contributed by atoms with E-state index in [1.807, 2.05) is 0 Å². The third-order valence-corrected chi connectivity index (χ3v) is 6.18. The van der Waals surface area contributed by atoms with Gasteiger partial charge in [0.25, 0.3) is 17.4 Å². The van der Waals surface area contributed by atoms with Crippen molar-refractivity contribution in [3.63, 3.8) is 0 Å². The number of primary amides is 1. The monoisotopic (exact) mass is 431 g/mol. The Morgan fingerprint density at radius 3 is 2.52 bits per heavy atom. The summed E-state index contributed by atoms with van der Waals surface area (Å²) in [6, 6.07) is 6.98. The lowest BCUT2D eigenvalue weighted by molar-refractivity contribution is 0.0739. The summed E-state index contributed by atoms with van der Waals surface area (Å²) in [6.07, 6.45) is 1.90. The normalized spacial score (nSPS) is 13.2. The molecule has 0 unspecified atom stereocenters. The van der Waals surface area contributed by atoms with Crippen molar-refractivity contribution in [1.82, 2.24) is 9.47 Å². The summed E-state index contributed by atoms with van der Waals surface area (Å²) in [5.41, 5.74) is 6.40. The number of rotatable bonds is 3. The first kappa shape index (κ1) is 19.4. The molecule has 1 aliphatic heterocycles. The van der Waals surface area contributed by atoms with Gasteiger partial charge in [-0.15, -0.1) is 11.3 Å². The maximum absolute atomic E-state index is 13.3. The topological polar surface area (TPSA) is 85.4 Å². The molecule has 9 heteroatoms. The van der Waals surface area contributed by atoms with E-state index in [9.17, 15) is 18.8 Å². The van der Waals surface area contributed by atoms with E-state index < -0.39 is 17.3 Å². The zero-order valence-corrected chi connectivity index (χ0v) is 16.6. The van der Waals surface area contributed by atoms with Crippen molar-refractivity contribution in [2.45, 2.75) is 13.0 Å². The van der Waals surface area contributed by atoms with Crippen LogP contribution in [0.25, 0.3) is 5.69 Å². The van der Waals surface area contributed by atoms with Gasteiger partial charge in [0.05, 0.1) is 5.02 Å². The Morgan fingerprint density at radius 2 is 1.90 bits per heavy atom. The second-order valence-corrected chi connectivity index (χ2v) is 7.92. The minimum absolute atomic E-state index is 0.104. The van der Waals surface area contributed by atoms with Gasteiger partial charge in [0.15, 0.2) is 0 Å². The van der Waals surface area contributed by atoms with E-state index in [2.05, 4.69) is 0 Å². The fourth-order valence-electron chi connectivity index (χ4n) is 3.47. The van der Waals surface area contributed by atoms with Gasteiger partial charge >= 0.3 is 0 Å². The zero-order valence-electron chi connectivity index (χ0n) is 15.0. The van der Waals surface area contributed by atoms with Crippen LogP contribution in [0.1, 0.15) is 31.2 Å². The van der Waals surface area contributed by atoms with Gasteiger partial charge in [0.1, 0.15) is 16.3 Å². The van der Waals surface area contributed by atoms with Crippen molar-refractivity contribution in [2.75, 3.05) is 6.54 Å². The van der Waals surface area contributed by atoms with E-state index in [1.54, 1.807) is 22.5 Å². The van der Waals surface area contributed by atoms with Gasteiger partial charge in [0, 0.05) is 25.0 Å². The van der Waals surface area contributed by atoms with E-state index in [4.69, 9.17) is 17.3 Å². The van der Waals surface area contributed by atoms with Crippen LogP contribution in [0.15, 0.2) is 46.7 Å². The van der Waals surface area contributed by atoms with Gasteiger partial charge < -0.3 is 10.6 Å².